The molecule has 0 bridgehead atoms. The summed E-state index contributed by atoms with van der Waals surface area (Å²) in [5.41, 5.74) is -2.50. The molecule has 0 saturated heterocycles. The highest BCUT2D eigenvalue weighted by molar-refractivity contribution is 7.89. The quantitative estimate of drug-likeness (QED) is 0.479. The van der Waals surface area contributed by atoms with Crippen molar-refractivity contribution < 1.29 is 39.6 Å². The highest BCUT2D eigenvalue weighted by Gasteiger charge is 2.37. The van der Waals surface area contributed by atoms with Gasteiger partial charge in [-0.25, -0.2) is 23.5 Å². The number of fused-ring (bicyclic) bond motifs is 1. The van der Waals surface area contributed by atoms with Gasteiger partial charge < -0.3 is 10.2 Å². The van der Waals surface area contributed by atoms with Crippen LogP contribution in [0.2, 0.25) is 0 Å². The number of nitrogens with zero attached hydrogens (tertiary/aromatic N) is 3. The highest BCUT2D eigenvalue weighted by atomic mass is 32.2. The lowest BCUT2D eigenvalue weighted by Crippen LogP contribution is -2.34. The number of benzene rings is 1. The minimum atomic E-state index is -4.87. The van der Waals surface area contributed by atoms with Crippen molar-refractivity contribution in [3.05, 3.63) is 76.6 Å². The summed E-state index contributed by atoms with van der Waals surface area (Å²) in [7, 11) is -4.25. The van der Waals surface area contributed by atoms with Crippen LogP contribution in [0.4, 0.5) is 37.8 Å². The van der Waals surface area contributed by atoms with Crippen molar-refractivity contribution >= 4 is 27.4 Å². The number of amides is 1. The van der Waals surface area contributed by atoms with Gasteiger partial charge in [0.25, 0.3) is 15.9 Å². The van der Waals surface area contributed by atoms with Gasteiger partial charge >= 0.3 is 12.4 Å². The number of hydrogen-bond acceptors (Lipinski definition) is 6. The maximum Gasteiger partial charge on any atom is 0.417 e. The monoisotopic (exact) mass is 545 g/mol. The molecule has 4 rings (SSSR count). The van der Waals surface area contributed by atoms with Gasteiger partial charge in [0.2, 0.25) is 0 Å². The van der Waals surface area contributed by atoms with Crippen LogP contribution in [0.25, 0.3) is 0 Å². The average Bonchev–Trinajstić information content (AvgIpc) is 2.81. The van der Waals surface area contributed by atoms with Gasteiger partial charge in [0.05, 0.1) is 16.7 Å². The van der Waals surface area contributed by atoms with Crippen molar-refractivity contribution in [3.63, 3.8) is 0 Å². The van der Waals surface area contributed by atoms with Crippen LogP contribution in [0.3, 0.4) is 0 Å². The van der Waals surface area contributed by atoms with E-state index in [1.807, 2.05) is 0 Å². The van der Waals surface area contributed by atoms with Gasteiger partial charge in [-0.1, -0.05) is 12.1 Å². The van der Waals surface area contributed by atoms with Crippen molar-refractivity contribution in [3.8, 4) is 0 Å². The highest BCUT2D eigenvalue weighted by Crippen LogP contribution is 2.38. The summed E-state index contributed by atoms with van der Waals surface area (Å²) in [5.74, 6) is -1.37. The molecule has 8 nitrogen and oxygen atoms in total. The molecule has 0 radical (unpaired) electrons. The Hall–Kier alpha value is -3.72. The fraction of sp³-hybridized carbons (Fsp3) is 0.227. The standard InChI is InChI=1S/C22H17F6N5O3S/c23-21(24,25)13-8-15(20(34)32-14-4-6-30-18(9-14)37(29,35)36)19(31-10-13)33-7-5-12-2-1-3-17(16(12)11-33)22(26,27)28/h1-4,6,8-10H,5,7,11H2,(H2,29,35,36)(H,30,32,34). The van der Waals surface area contributed by atoms with E-state index in [9.17, 15) is 39.6 Å². The molecule has 0 unspecified atom stereocenters. The zero-order valence-electron chi connectivity index (χ0n) is 18.6. The SMILES string of the molecule is NS(=O)(=O)c1cc(NC(=O)c2cc(C(F)(F)F)cnc2N2CCc3cccc(C(F)(F)F)c3C2)ccn1. The molecule has 3 N–H and O–H groups in total. The van der Waals surface area contributed by atoms with Crippen LogP contribution in [0.5, 0.6) is 0 Å². The first-order valence-corrected chi connectivity index (χ1v) is 12.0. The Balaban J connectivity index is 1.75. The topological polar surface area (TPSA) is 118 Å². The number of alkyl halides is 6. The third kappa shape index (κ3) is 5.67. The predicted octanol–water partition coefficient (Wildman–Crippen LogP) is 3.98. The van der Waals surface area contributed by atoms with Gasteiger partial charge in [-0.2, -0.15) is 26.3 Å². The molecule has 1 aliphatic rings. The summed E-state index contributed by atoms with van der Waals surface area (Å²) in [5, 5.41) is 6.69. The zero-order chi connectivity index (χ0) is 27.2. The van der Waals surface area contributed by atoms with Crippen LogP contribution in [0.1, 0.15) is 32.6 Å². The van der Waals surface area contributed by atoms with E-state index < -0.39 is 50.0 Å². The second-order valence-electron chi connectivity index (χ2n) is 8.09. The summed E-state index contributed by atoms with van der Waals surface area (Å²) in [6, 6.07) is 6.33. The van der Waals surface area contributed by atoms with Crippen LogP contribution in [0.15, 0.2) is 53.8 Å². The number of carbonyl (C=O) groups excluding carboxylic acids is 1. The number of aromatic nitrogens is 2. The smallest absolute Gasteiger partial charge is 0.351 e. The predicted molar refractivity (Wildman–Crippen MR) is 119 cm³/mol. The number of nitrogens with one attached hydrogen (secondary N) is 1. The second kappa shape index (κ2) is 9.30. The average molecular weight is 545 g/mol. The van der Waals surface area contributed by atoms with E-state index in [1.165, 1.54) is 23.1 Å². The number of primary sulfonamides is 1. The Labute approximate surface area is 206 Å². The molecule has 1 amide bonds. The first-order chi connectivity index (χ1) is 17.1. The first kappa shape index (κ1) is 26.3. The Bertz CT molecular complexity index is 1470. The maximum absolute atomic E-state index is 13.6. The molecule has 37 heavy (non-hydrogen) atoms. The summed E-state index contributed by atoms with van der Waals surface area (Å²) < 4.78 is 104. The van der Waals surface area contributed by atoms with E-state index in [2.05, 4.69) is 15.3 Å². The Morgan fingerprint density at radius 2 is 1.76 bits per heavy atom. The van der Waals surface area contributed by atoms with E-state index in [4.69, 9.17) is 5.14 Å². The molecule has 3 heterocycles. The minimum Gasteiger partial charge on any atom is -0.351 e. The lowest BCUT2D eigenvalue weighted by Gasteiger charge is -2.32. The second-order valence-corrected chi connectivity index (χ2v) is 9.60. The number of halogens is 6. The normalized spacial score (nSPS) is 14.3. The van der Waals surface area contributed by atoms with Gasteiger partial charge in [0.15, 0.2) is 5.03 Å². The molecule has 196 valence electrons. The fourth-order valence-electron chi connectivity index (χ4n) is 3.90. The van der Waals surface area contributed by atoms with Crippen molar-refractivity contribution in [1.82, 2.24) is 9.97 Å². The van der Waals surface area contributed by atoms with Gasteiger partial charge in [-0.3, -0.25) is 4.79 Å². The molecule has 1 aromatic carbocycles. The number of pyridine rings is 2. The molecule has 2 aromatic heterocycles. The largest absolute Gasteiger partial charge is 0.417 e. The lowest BCUT2D eigenvalue weighted by molar-refractivity contribution is -0.139. The third-order valence-corrected chi connectivity index (χ3v) is 6.41. The van der Waals surface area contributed by atoms with Crippen LogP contribution < -0.4 is 15.4 Å². The molecular formula is C22H17F6N5O3S. The molecule has 15 heteroatoms. The molecule has 0 spiro atoms. The van der Waals surface area contributed by atoms with Crippen molar-refractivity contribution in [2.45, 2.75) is 30.3 Å². The number of nitrogens with two attached hydrogens (primary N) is 1. The molecular weight excluding hydrogens is 528 g/mol. The lowest BCUT2D eigenvalue weighted by atomic mass is 9.94. The Kier molecular flexibility index (Phi) is 6.62. The summed E-state index contributed by atoms with van der Waals surface area (Å²) in [6.07, 6.45) is -7.89. The molecule has 3 aromatic rings. The van der Waals surface area contributed by atoms with Gasteiger partial charge in [0, 0.05) is 37.2 Å². The van der Waals surface area contributed by atoms with E-state index in [0.29, 0.717) is 17.8 Å². The van der Waals surface area contributed by atoms with Crippen LogP contribution in [-0.2, 0) is 35.3 Å². The number of hydrogen-bond donors (Lipinski definition) is 2. The van der Waals surface area contributed by atoms with Crippen molar-refractivity contribution in [1.29, 1.82) is 0 Å². The number of sulfonamides is 1. The van der Waals surface area contributed by atoms with Crippen molar-refractivity contribution in [2.75, 3.05) is 16.8 Å². The molecule has 1 aliphatic heterocycles. The van der Waals surface area contributed by atoms with Crippen LogP contribution >= 0.6 is 0 Å². The number of rotatable bonds is 4. The summed E-state index contributed by atoms with van der Waals surface area (Å²) in [4.78, 5) is 21.7. The molecule has 0 atom stereocenters. The Morgan fingerprint density at radius 1 is 1.03 bits per heavy atom. The van der Waals surface area contributed by atoms with Gasteiger partial charge in [-0.05, 0) is 35.7 Å². The summed E-state index contributed by atoms with van der Waals surface area (Å²) >= 11 is 0. The Morgan fingerprint density at radius 3 is 2.41 bits per heavy atom. The van der Waals surface area contributed by atoms with Crippen LogP contribution in [0, 0.1) is 0 Å². The number of anilines is 2. The van der Waals surface area contributed by atoms with Crippen molar-refractivity contribution in [2.24, 2.45) is 5.14 Å². The van der Waals surface area contributed by atoms with E-state index in [-0.39, 0.29) is 36.6 Å². The minimum absolute atomic E-state index is 0.0683. The van der Waals surface area contributed by atoms with E-state index in [1.54, 1.807) is 0 Å². The zero-order valence-corrected chi connectivity index (χ0v) is 19.4. The van der Waals surface area contributed by atoms with E-state index >= 15 is 0 Å². The maximum atomic E-state index is 13.6. The van der Waals surface area contributed by atoms with Gasteiger partial charge in [-0.15, -0.1) is 0 Å². The molecule has 0 aliphatic carbocycles. The number of carbonyl (C=O) groups is 1. The third-order valence-electron chi connectivity index (χ3n) is 5.60. The first-order valence-electron chi connectivity index (χ1n) is 10.4. The fourth-order valence-corrected chi connectivity index (χ4v) is 4.40. The summed E-state index contributed by atoms with van der Waals surface area (Å²) in [6.45, 7) is -0.272. The molecule has 0 fully saturated rings. The molecule has 0 saturated carbocycles. The van der Waals surface area contributed by atoms with E-state index in [0.717, 1.165) is 18.3 Å². The van der Waals surface area contributed by atoms with Crippen LogP contribution in [-0.4, -0.2) is 30.8 Å². The van der Waals surface area contributed by atoms with Gasteiger partial charge in [0.1, 0.15) is 5.82 Å².